The summed E-state index contributed by atoms with van der Waals surface area (Å²) in [6.45, 7) is 0. The van der Waals surface area contributed by atoms with Gasteiger partial charge in [0.25, 0.3) is 0 Å². The molecule has 33 heavy (non-hydrogen) atoms. The Hall–Kier alpha value is -3.04. The second-order valence-electron chi connectivity index (χ2n) is 7.84. The van der Waals surface area contributed by atoms with E-state index in [-0.39, 0.29) is 0 Å². The van der Waals surface area contributed by atoms with E-state index in [9.17, 15) is 36.0 Å². The summed E-state index contributed by atoms with van der Waals surface area (Å²) >= 11 is 0. The Morgan fingerprint density at radius 2 is 1.88 bits per heavy atom. The highest BCUT2D eigenvalue weighted by molar-refractivity contribution is 7.90. The Bertz CT molecular complexity index is 1130. The number of aromatic nitrogens is 1. The van der Waals surface area contributed by atoms with E-state index in [1.165, 1.54) is 24.5 Å². The van der Waals surface area contributed by atoms with Crippen molar-refractivity contribution in [2.75, 3.05) is 5.75 Å². The van der Waals surface area contributed by atoms with E-state index in [2.05, 4.69) is 15.6 Å². The molecule has 2 atom stereocenters. The molecule has 3 rings (SSSR count). The van der Waals surface area contributed by atoms with E-state index >= 15 is 0 Å². The smallest absolute Gasteiger partial charge is 0.336 e. The zero-order chi connectivity index (χ0) is 24.3. The van der Waals surface area contributed by atoms with Crippen molar-refractivity contribution in [2.24, 2.45) is 0 Å². The molecule has 7 nitrogen and oxygen atoms in total. The van der Waals surface area contributed by atoms with Gasteiger partial charge < -0.3 is 5.32 Å². The number of rotatable bonds is 9. The summed E-state index contributed by atoms with van der Waals surface area (Å²) in [6.07, 6.45) is -1.57. The van der Waals surface area contributed by atoms with Crippen LogP contribution in [-0.2, 0) is 20.4 Å². The van der Waals surface area contributed by atoms with E-state index in [0.717, 1.165) is 24.3 Å². The fourth-order valence-corrected chi connectivity index (χ4v) is 4.75. The summed E-state index contributed by atoms with van der Waals surface area (Å²) in [5, 5.41) is 13.6. The minimum absolute atomic E-state index is 0.304. The van der Waals surface area contributed by atoms with Crippen molar-refractivity contribution in [2.45, 2.75) is 42.4 Å². The maximum atomic E-state index is 13.8. The van der Waals surface area contributed by atoms with Crippen LogP contribution < -0.4 is 10.6 Å². The van der Waals surface area contributed by atoms with Gasteiger partial charge in [-0.25, -0.2) is 12.8 Å². The molecule has 0 saturated heterocycles. The molecule has 1 unspecified atom stereocenters. The van der Waals surface area contributed by atoms with Gasteiger partial charge in [-0.15, -0.1) is 0 Å². The third kappa shape index (κ3) is 6.72. The van der Waals surface area contributed by atoms with Gasteiger partial charge in [-0.2, -0.15) is 18.4 Å². The van der Waals surface area contributed by atoms with Gasteiger partial charge in [0.15, 0.2) is 9.84 Å². The molecule has 0 bridgehead atoms. The zero-order valence-electron chi connectivity index (χ0n) is 17.1. The van der Waals surface area contributed by atoms with Gasteiger partial charge >= 0.3 is 6.18 Å². The molecule has 0 radical (unpaired) electrons. The van der Waals surface area contributed by atoms with Crippen LogP contribution in [0.15, 0.2) is 48.8 Å². The van der Waals surface area contributed by atoms with Crippen LogP contribution >= 0.6 is 0 Å². The number of sulfone groups is 1. The summed E-state index contributed by atoms with van der Waals surface area (Å²) in [5.74, 6) is -3.29. The summed E-state index contributed by atoms with van der Waals surface area (Å²) in [5.41, 5.74) is -1.31. The molecule has 12 heteroatoms. The number of nitriles is 1. The number of halogens is 4. The minimum Gasteiger partial charge on any atom is -0.336 e. The SMILES string of the molecule is N#CC1(NC(=O)C(CS(=O)(=O)Cc2cccnc2)N[C@H](c2ccc(F)cc2)C(F)(F)F)CC1. The first-order chi connectivity index (χ1) is 15.4. The Kier molecular flexibility index (Phi) is 7.04. The number of carbonyl (C=O) groups excluding carboxylic acids is 1. The molecule has 2 N–H and O–H groups in total. The zero-order valence-corrected chi connectivity index (χ0v) is 18.0. The van der Waals surface area contributed by atoms with Gasteiger partial charge in [-0.1, -0.05) is 18.2 Å². The number of nitrogens with one attached hydrogen (secondary N) is 2. The second-order valence-corrected chi connectivity index (χ2v) is 9.95. The highest BCUT2D eigenvalue weighted by Gasteiger charge is 2.48. The summed E-state index contributed by atoms with van der Waals surface area (Å²) in [4.78, 5) is 16.6. The van der Waals surface area contributed by atoms with Crippen LogP contribution in [0.5, 0.6) is 0 Å². The molecule has 0 spiro atoms. The lowest BCUT2D eigenvalue weighted by molar-refractivity contribution is -0.160. The van der Waals surface area contributed by atoms with Crippen LogP contribution in [0.25, 0.3) is 0 Å². The number of amides is 1. The third-order valence-electron chi connectivity index (χ3n) is 5.07. The summed E-state index contributed by atoms with van der Waals surface area (Å²) in [6, 6.07) is 4.07. The van der Waals surface area contributed by atoms with Crippen molar-refractivity contribution in [3.05, 3.63) is 65.7 Å². The number of nitrogens with zero attached hydrogens (tertiary/aromatic N) is 2. The predicted molar refractivity (Wildman–Crippen MR) is 110 cm³/mol. The molecule has 1 aromatic carbocycles. The largest absolute Gasteiger partial charge is 0.407 e. The molecule has 1 fully saturated rings. The van der Waals surface area contributed by atoms with E-state index < -0.39 is 62.4 Å². The number of carbonyl (C=O) groups is 1. The number of alkyl halides is 3. The van der Waals surface area contributed by atoms with E-state index in [1.807, 2.05) is 6.07 Å². The first kappa shape index (κ1) is 24.6. The van der Waals surface area contributed by atoms with Crippen molar-refractivity contribution >= 4 is 15.7 Å². The first-order valence-corrected chi connectivity index (χ1v) is 11.7. The minimum atomic E-state index is -4.92. The molecule has 1 amide bonds. The highest BCUT2D eigenvalue weighted by atomic mass is 32.2. The standard InChI is InChI=1S/C21H20F4N4O3S/c22-16-5-3-15(4-6-16)18(21(23,24)25)28-17(19(30)29-20(13-26)7-8-20)12-33(31,32)11-14-2-1-9-27-10-14/h1-6,9-10,17-18,28H,7-8,11-12H2,(H,29,30)/t17?,18-/m1/s1. The highest BCUT2D eigenvalue weighted by Crippen LogP contribution is 2.35. The van der Waals surface area contributed by atoms with E-state index in [1.54, 1.807) is 0 Å². The molecular formula is C21H20F4N4O3S. The lowest BCUT2D eigenvalue weighted by atomic mass is 10.0. The van der Waals surface area contributed by atoms with Crippen LogP contribution in [0, 0.1) is 17.1 Å². The Morgan fingerprint density at radius 1 is 1.21 bits per heavy atom. The molecule has 1 aliphatic carbocycles. The van der Waals surface area contributed by atoms with Crippen molar-refractivity contribution in [3.63, 3.8) is 0 Å². The average Bonchev–Trinajstić information content (AvgIpc) is 3.51. The van der Waals surface area contributed by atoms with E-state index in [4.69, 9.17) is 0 Å². The molecule has 176 valence electrons. The van der Waals surface area contributed by atoms with Gasteiger partial charge in [0.1, 0.15) is 23.4 Å². The predicted octanol–water partition coefficient (Wildman–Crippen LogP) is 2.57. The van der Waals surface area contributed by atoms with Gasteiger partial charge in [0.05, 0.1) is 17.6 Å². The van der Waals surface area contributed by atoms with Gasteiger partial charge in [0, 0.05) is 12.4 Å². The van der Waals surface area contributed by atoms with E-state index in [0.29, 0.717) is 18.4 Å². The Morgan fingerprint density at radius 3 is 2.39 bits per heavy atom. The monoisotopic (exact) mass is 484 g/mol. The quantitative estimate of drug-likeness (QED) is 0.529. The number of pyridine rings is 1. The van der Waals surface area contributed by atoms with Gasteiger partial charge in [0.2, 0.25) is 5.91 Å². The fraction of sp³-hybridized carbons (Fsp3) is 0.381. The van der Waals surface area contributed by atoms with Crippen molar-refractivity contribution < 1.29 is 30.8 Å². The molecule has 2 aromatic rings. The summed E-state index contributed by atoms with van der Waals surface area (Å²) in [7, 11) is -4.07. The molecule has 1 aromatic heterocycles. The summed E-state index contributed by atoms with van der Waals surface area (Å²) < 4.78 is 80.2. The maximum Gasteiger partial charge on any atom is 0.407 e. The van der Waals surface area contributed by atoms with Crippen LogP contribution in [-0.4, -0.2) is 42.8 Å². The number of benzene rings is 1. The van der Waals surface area contributed by atoms with Gasteiger partial charge in [-0.3, -0.25) is 15.1 Å². The van der Waals surface area contributed by atoms with Crippen LogP contribution in [0.1, 0.15) is 30.0 Å². The number of hydrogen-bond acceptors (Lipinski definition) is 6. The molecule has 1 saturated carbocycles. The maximum absolute atomic E-state index is 13.8. The van der Waals surface area contributed by atoms with Crippen LogP contribution in [0.3, 0.4) is 0 Å². The molecular weight excluding hydrogens is 464 g/mol. The molecule has 1 heterocycles. The Balaban J connectivity index is 1.89. The lowest BCUT2D eigenvalue weighted by Gasteiger charge is -2.28. The normalized spacial score (nSPS) is 16.9. The molecule has 1 aliphatic rings. The fourth-order valence-electron chi connectivity index (χ4n) is 3.20. The van der Waals surface area contributed by atoms with Crippen molar-refractivity contribution in [1.82, 2.24) is 15.6 Å². The second kappa shape index (κ2) is 9.44. The molecule has 0 aliphatic heterocycles. The topological polar surface area (TPSA) is 112 Å². The van der Waals surface area contributed by atoms with Gasteiger partial charge in [-0.05, 0) is 42.2 Å². The number of hydrogen-bond donors (Lipinski definition) is 2. The average molecular weight is 484 g/mol. The first-order valence-electron chi connectivity index (χ1n) is 9.84. The lowest BCUT2D eigenvalue weighted by Crippen LogP contribution is -2.54. The van der Waals surface area contributed by atoms with Crippen molar-refractivity contribution in [1.29, 1.82) is 5.26 Å². The Labute approximate surface area is 187 Å². The van der Waals surface area contributed by atoms with Crippen LogP contribution in [0.4, 0.5) is 17.6 Å². The van der Waals surface area contributed by atoms with Crippen molar-refractivity contribution in [3.8, 4) is 6.07 Å². The third-order valence-corrected chi connectivity index (χ3v) is 6.69. The van der Waals surface area contributed by atoms with Crippen LogP contribution in [0.2, 0.25) is 0 Å².